The van der Waals surface area contributed by atoms with Gasteiger partial charge in [-0.1, -0.05) is 60.7 Å². The summed E-state index contributed by atoms with van der Waals surface area (Å²) < 4.78 is 5.22. The van der Waals surface area contributed by atoms with Gasteiger partial charge in [-0.05, 0) is 62.2 Å². The maximum absolute atomic E-state index is 13.3. The molecule has 8 nitrogen and oxygen atoms in total. The predicted molar refractivity (Wildman–Crippen MR) is 155 cm³/mol. The molecule has 0 aliphatic carbocycles. The summed E-state index contributed by atoms with van der Waals surface area (Å²) in [6.07, 6.45) is 1.17. The number of fused-ring (bicyclic) bond motifs is 1. The van der Waals surface area contributed by atoms with Gasteiger partial charge in [0.1, 0.15) is 11.6 Å². The molecule has 208 valence electrons. The van der Waals surface area contributed by atoms with Gasteiger partial charge in [-0.3, -0.25) is 14.4 Å². The third-order valence-electron chi connectivity index (χ3n) is 6.57. The van der Waals surface area contributed by atoms with Gasteiger partial charge in [-0.25, -0.2) is 0 Å². The van der Waals surface area contributed by atoms with Gasteiger partial charge in [0.15, 0.2) is 0 Å². The molecule has 2 atom stereocenters. The SMILES string of the molecule is CO[C@H](C)CNCCCNC(=O)[C@@H](Cc1ccc2ccccc2c1)NC(=O)C(C)(C)NC(=O)c1ccccc1. The summed E-state index contributed by atoms with van der Waals surface area (Å²) in [5, 5.41) is 14.1. The quantitative estimate of drug-likeness (QED) is 0.239. The van der Waals surface area contributed by atoms with E-state index in [1.807, 2.05) is 55.5 Å². The molecule has 0 bridgehead atoms. The van der Waals surface area contributed by atoms with Crippen LogP contribution in [0.1, 0.15) is 43.1 Å². The Morgan fingerprint density at radius 1 is 0.897 bits per heavy atom. The first-order valence-corrected chi connectivity index (χ1v) is 13.4. The topological polar surface area (TPSA) is 109 Å². The van der Waals surface area contributed by atoms with E-state index < -0.39 is 17.5 Å². The van der Waals surface area contributed by atoms with Crippen LogP contribution in [0.25, 0.3) is 10.8 Å². The van der Waals surface area contributed by atoms with E-state index >= 15 is 0 Å². The van der Waals surface area contributed by atoms with Crippen LogP contribution in [0, 0.1) is 0 Å². The molecule has 3 aromatic rings. The van der Waals surface area contributed by atoms with Gasteiger partial charge in [0.05, 0.1) is 6.10 Å². The average Bonchev–Trinajstić information content (AvgIpc) is 2.94. The van der Waals surface area contributed by atoms with Crippen molar-refractivity contribution in [2.45, 2.75) is 51.3 Å². The van der Waals surface area contributed by atoms with E-state index in [1.165, 1.54) is 0 Å². The fourth-order valence-electron chi connectivity index (χ4n) is 4.09. The molecule has 0 saturated carbocycles. The van der Waals surface area contributed by atoms with E-state index in [0.29, 0.717) is 18.5 Å². The first-order chi connectivity index (χ1) is 18.7. The summed E-state index contributed by atoms with van der Waals surface area (Å²) in [5.41, 5.74) is 0.143. The lowest BCUT2D eigenvalue weighted by Gasteiger charge is -2.28. The number of benzene rings is 3. The van der Waals surface area contributed by atoms with Crippen LogP contribution in [0.3, 0.4) is 0 Å². The molecule has 0 aliphatic heterocycles. The normalized spacial score (nSPS) is 12.9. The highest BCUT2D eigenvalue weighted by molar-refractivity contribution is 6.00. The van der Waals surface area contributed by atoms with Crippen LogP contribution < -0.4 is 21.3 Å². The van der Waals surface area contributed by atoms with Gasteiger partial charge >= 0.3 is 0 Å². The summed E-state index contributed by atoms with van der Waals surface area (Å²) in [4.78, 5) is 39.3. The Morgan fingerprint density at radius 3 is 2.31 bits per heavy atom. The molecule has 3 amide bonds. The second kappa shape index (κ2) is 14.4. The van der Waals surface area contributed by atoms with Crippen molar-refractivity contribution >= 4 is 28.5 Å². The van der Waals surface area contributed by atoms with E-state index in [-0.39, 0.29) is 17.9 Å². The van der Waals surface area contributed by atoms with E-state index in [0.717, 1.165) is 35.8 Å². The van der Waals surface area contributed by atoms with Gasteiger partial charge in [0.25, 0.3) is 5.91 Å². The zero-order chi connectivity index (χ0) is 28.3. The third kappa shape index (κ3) is 9.19. The maximum Gasteiger partial charge on any atom is 0.252 e. The monoisotopic (exact) mass is 532 g/mol. The molecule has 3 rings (SSSR count). The second-order valence-electron chi connectivity index (χ2n) is 10.3. The van der Waals surface area contributed by atoms with Gasteiger partial charge in [-0.15, -0.1) is 0 Å². The Balaban J connectivity index is 1.67. The van der Waals surface area contributed by atoms with E-state index in [2.05, 4.69) is 21.3 Å². The van der Waals surface area contributed by atoms with Crippen LogP contribution in [0.15, 0.2) is 72.8 Å². The first kappa shape index (κ1) is 29.8. The molecule has 0 radical (unpaired) electrons. The standard InChI is InChI=1S/C31H40N4O4/c1-22(39-4)21-32-17-10-18-33-29(37)27(20-23-15-16-24-11-8-9-14-26(24)19-23)34-30(38)31(2,3)35-28(36)25-12-6-5-7-13-25/h5-9,11-16,19,22,27,32H,10,17-18,20-21H2,1-4H3,(H,33,37)(H,34,38)(H,35,36)/t22-,27-/m1/s1. The second-order valence-corrected chi connectivity index (χ2v) is 10.3. The number of methoxy groups -OCH3 is 1. The molecule has 0 fully saturated rings. The van der Waals surface area contributed by atoms with Crippen molar-refractivity contribution < 1.29 is 19.1 Å². The van der Waals surface area contributed by atoms with Crippen molar-refractivity contribution in [3.05, 3.63) is 83.9 Å². The molecule has 0 spiro atoms. The summed E-state index contributed by atoms with van der Waals surface area (Å²) in [5.74, 6) is -1.07. The number of hydrogen-bond donors (Lipinski definition) is 4. The minimum atomic E-state index is -1.24. The van der Waals surface area contributed by atoms with Crippen LogP contribution in [0.2, 0.25) is 0 Å². The highest BCUT2D eigenvalue weighted by atomic mass is 16.5. The highest BCUT2D eigenvalue weighted by Crippen LogP contribution is 2.17. The average molecular weight is 533 g/mol. The van der Waals surface area contributed by atoms with Crippen molar-refractivity contribution in [2.75, 3.05) is 26.7 Å². The minimum Gasteiger partial charge on any atom is -0.380 e. The van der Waals surface area contributed by atoms with E-state index in [4.69, 9.17) is 4.74 Å². The molecule has 3 aromatic carbocycles. The Bertz CT molecular complexity index is 1250. The number of amides is 3. The van der Waals surface area contributed by atoms with Crippen LogP contribution in [-0.2, 0) is 20.7 Å². The van der Waals surface area contributed by atoms with Crippen LogP contribution in [0.4, 0.5) is 0 Å². The summed E-state index contributed by atoms with van der Waals surface area (Å²) in [6.45, 7) is 7.16. The van der Waals surface area contributed by atoms with Crippen molar-refractivity contribution in [2.24, 2.45) is 0 Å². The lowest BCUT2D eigenvalue weighted by atomic mass is 9.98. The molecule has 0 unspecified atom stereocenters. The van der Waals surface area contributed by atoms with Crippen molar-refractivity contribution in [1.29, 1.82) is 0 Å². The molecular weight excluding hydrogens is 492 g/mol. The van der Waals surface area contributed by atoms with Gasteiger partial charge < -0.3 is 26.0 Å². The largest absolute Gasteiger partial charge is 0.380 e. The van der Waals surface area contributed by atoms with E-state index in [1.54, 1.807) is 45.2 Å². The zero-order valence-corrected chi connectivity index (χ0v) is 23.3. The summed E-state index contributed by atoms with van der Waals surface area (Å²) in [6, 6.07) is 21.9. The molecule has 4 N–H and O–H groups in total. The van der Waals surface area contributed by atoms with Crippen LogP contribution in [0.5, 0.6) is 0 Å². The van der Waals surface area contributed by atoms with Gasteiger partial charge in [0.2, 0.25) is 11.8 Å². The Morgan fingerprint density at radius 2 is 1.59 bits per heavy atom. The smallest absolute Gasteiger partial charge is 0.252 e. The third-order valence-corrected chi connectivity index (χ3v) is 6.57. The van der Waals surface area contributed by atoms with Gasteiger partial charge in [-0.2, -0.15) is 0 Å². The number of hydrogen-bond acceptors (Lipinski definition) is 5. The van der Waals surface area contributed by atoms with Crippen molar-refractivity contribution in [1.82, 2.24) is 21.3 Å². The molecule has 8 heteroatoms. The predicted octanol–water partition coefficient (Wildman–Crippen LogP) is 3.21. The molecule has 0 aliphatic rings. The van der Waals surface area contributed by atoms with Crippen molar-refractivity contribution in [3.8, 4) is 0 Å². The fraction of sp³-hybridized carbons (Fsp3) is 0.387. The molecule has 0 aromatic heterocycles. The Labute approximate surface area is 230 Å². The number of ether oxygens (including phenoxy) is 1. The molecular formula is C31H40N4O4. The number of rotatable bonds is 14. The Hall–Kier alpha value is -3.75. The highest BCUT2D eigenvalue weighted by Gasteiger charge is 2.33. The lowest BCUT2D eigenvalue weighted by Crippen LogP contribution is -2.59. The lowest BCUT2D eigenvalue weighted by molar-refractivity contribution is -0.131. The minimum absolute atomic E-state index is 0.117. The van der Waals surface area contributed by atoms with E-state index in [9.17, 15) is 14.4 Å². The van der Waals surface area contributed by atoms with Crippen molar-refractivity contribution in [3.63, 3.8) is 0 Å². The number of nitrogens with one attached hydrogen (secondary N) is 4. The molecule has 0 saturated heterocycles. The summed E-state index contributed by atoms with van der Waals surface area (Å²) >= 11 is 0. The molecule has 0 heterocycles. The van der Waals surface area contributed by atoms with Crippen LogP contribution >= 0.6 is 0 Å². The number of carbonyl (C=O) groups is 3. The van der Waals surface area contributed by atoms with Gasteiger partial charge in [0, 0.05) is 32.2 Å². The fourth-order valence-corrected chi connectivity index (χ4v) is 4.09. The first-order valence-electron chi connectivity index (χ1n) is 13.4. The Kier molecular flexibility index (Phi) is 11.0. The maximum atomic E-state index is 13.3. The molecule has 39 heavy (non-hydrogen) atoms. The zero-order valence-electron chi connectivity index (χ0n) is 23.3. The number of carbonyl (C=O) groups excluding carboxylic acids is 3. The van der Waals surface area contributed by atoms with Crippen LogP contribution in [-0.4, -0.2) is 62.2 Å². The summed E-state index contributed by atoms with van der Waals surface area (Å²) in [7, 11) is 1.67.